The molecule has 0 aliphatic heterocycles. The number of anilines is 1. The van der Waals surface area contributed by atoms with Gasteiger partial charge in [-0.2, -0.15) is 0 Å². The summed E-state index contributed by atoms with van der Waals surface area (Å²) in [5.74, 6) is 0.472. The van der Waals surface area contributed by atoms with Crippen LogP contribution in [0.15, 0.2) is 41.3 Å². The lowest BCUT2D eigenvalue weighted by Gasteiger charge is -2.10. The average Bonchev–Trinajstić information content (AvgIpc) is 2.35. The molecule has 88 valence electrons. The van der Waals surface area contributed by atoms with Gasteiger partial charge in [-0.3, -0.25) is 4.79 Å². The van der Waals surface area contributed by atoms with Gasteiger partial charge >= 0.3 is 5.56 Å². The van der Waals surface area contributed by atoms with Crippen LogP contribution < -0.4 is 16.1 Å². The zero-order valence-electron chi connectivity index (χ0n) is 9.46. The highest BCUT2D eigenvalue weighted by atomic mass is 16.7. The molecule has 1 aromatic carbocycles. The molecule has 17 heavy (non-hydrogen) atoms. The normalized spacial score (nSPS) is 10.2. The first-order chi connectivity index (χ1) is 8.18. The van der Waals surface area contributed by atoms with Gasteiger partial charge in [0.15, 0.2) is 0 Å². The Morgan fingerprint density at radius 2 is 2.06 bits per heavy atom. The summed E-state index contributed by atoms with van der Waals surface area (Å²) in [5.41, 5.74) is 6.15. The van der Waals surface area contributed by atoms with E-state index in [-0.39, 0.29) is 11.2 Å². The molecule has 2 N–H and O–H groups in total. The highest BCUT2D eigenvalue weighted by Crippen LogP contribution is 1.99. The van der Waals surface area contributed by atoms with Gasteiger partial charge in [-0.15, -0.1) is 4.73 Å². The van der Waals surface area contributed by atoms with Crippen LogP contribution in [0.3, 0.4) is 0 Å². The minimum atomic E-state index is -0.381. The van der Waals surface area contributed by atoms with E-state index in [9.17, 15) is 4.79 Å². The van der Waals surface area contributed by atoms with Crippen molar-refractivity contribution in [1.82, 2.24) is 9.71 Å². The first-order valence-electron chi connectivity index (χ1n) is 5.20. The van der Waals surface area contributed by atoms with Crippen LogP contribution >= 0.6 is 0 Å². The van der Waals surface area contributed by atoms with Crippen LogP contribution in [0.2, 0.25) is 0 Å². The number of benzene rings is 1. The zero-order valence-corrected chi connectivity index (χ0v) is 9.46. The Bertz CT molecular complexity index is 564. The smallest absolute Gasteiger partial charge is 0.309 e. The van der Waals surface area contributed by atoms with Crippen molar-refractivity contribution in [2.24, 2.45) is 0 Å². The number of nitrogens with zero attached hydrogens (tertiary/aromatic N) is 2. The second-order valence-corrected chi connectivity index (χ2v) is 3.62. The lowest BCUT2D eigenvalue weighted by molar-refractivity contribution is 0.0822. The molecule has 1 heterocycles. The summed E-state index contributed by atoms with van der Waals surface area (Å²) < 4.78 is 1.11. The Morgan fingerprint density at radius 3 is 2.76 bits per heavy atom. The predicted octanol–water partition coefficient (Wildman–Crippen LogP) is 0.763. The van der Waals surface area contributed by atoms with Crippen LogP contribution in [0.25, 0.3) is 0 Å². The molecule has 0 saturated heterocycles. The Balaban J connectivity index is 2.20. The van der Waals surface area contributed by atoms with Crippen molar-refractivity contribution >= 4 is 5.69 Å². The van der Waals surface area contributed by atoms with E-state index in [1.54, 1.807) is 6.92 Å². The molecular weight excluding hydrogens is 218 g/mol. The maximum Gasteiger partial charge on any atom is 0.309 e. The molecule has 0 saturated carbocycles. The fraction of sp³-hybridized carbons (Fsp3) is 0.167. The maximum atomic E-state index is 11.7. The van der Waals surface area contributed by atoms with Gasteiger partial charge < -0.3 is 10.6 Å². The van der Waals surface area contributed by atoms with Crippen LogP contribution in [0, 0.1) is 6.92 Å². The van der Waals surface area contributed by atoms with Crippen molar-refractivity contribution in [2.45, 2.75) is 13.5 Å². The van der Waals surface area contributed by atoms with Crippen LogP contribution in [-0.4, -0.2) is 9.71 Å². The highest BCUT2D eigenvalue weighted by Gasteiger charge is 2.05. The van der Waals surface area contributed by atoms with E-state index >= 15 is 0 Å². The van der Waals surface area contributed by atoms with E-state index in [0.29, 0.717) is 12.4 Å². The summed E-state index contributed by atoms with van der Waals surface area (Å²) >= 11 is 0. The standard InChI is InChI=1S/C12H13N3O2/c1-9-14-7-11(13)12(16)15(9)17-8-10-5-3-2-4-6-10/h2-7H,8,13H2,1H3. The Labute approximate surface area is 98.4 Å². The minimum absolute atomic E-state index is 0.0728. The van der Waals surface area contributed by atoms with Gasteiger partial charge in [0.2, 0.25) is 0 Å². The number of aromatic nitrogens is 2. The fourth-order valence-corrected chi connectivity index (χ4v) is 1.40. The second kappa shape index (κ2) is 4.69. The molecule has 0 aliphatic rings. The van der Waals surface area contributed by atoms with Gasteiger partial charge in [-0.05, 0) is 12.5 Å². The number of hydrogen-bond donors (Lipinski definition) is 1. The van der Waals surface area contributed by atoms with E-state index in [1.807, 2.05) is 30.3 Å². The van der Waals surface area contributed by atoms with Gasteiger partial charge in [-0.25, -0.2) is 4.98 Å². The van der Waals surface area contributed by atoms with Gasteiger partial charge in [0.1, 0.15) is 18.1 Å². The molecule has 5 heteroatoms. The number of aryl methyl sites for hydroxylation is 1. The highest BCUT2D eigenvalue weighted by molar-refractivity contribution is 5.30. The summed E-state index contributed by atoms with van der Waals surface area (Å²) in [6.07, 6.45) is 1.33. The molecule has 0 amide bonds. The van der Waals surface area contributed by atoms with E-state index < -0.39 is 0 Å². The summed E-state index contributed by atoms with van der Waals surface area (Å²) in [6, 6.07) is 9.57. The quantitative estimate of drug-likeness (QED) is 0.846. The monoisotopic (exact) mass is 231 g/mol. The summed E-state index contributed by atoms with van der Waals surface area (Å²) in [7, 11) is 0. The molecule has 0 fully saturated rings. The Morgan fingerprint density at radius 1 is 1.35 bits per heavy atom. The molecule has 5 nitrogen and oxygen atoms in total. The van der Waals surface area contributed by atoms with Gasteiger partial charge in [0.05, 0.1) is 6.20 Å². The molecular formula is C12H13N3O2. The molecule has 0 atom stereocenters. The van der Waals surface area contributed by atoms with Gasteiger partial charge in [-0.1, -0.05) is 30.3 Å². The lowest BCUT2D eigenvalue weighted by atomic mass is 10.2. The molecule has 0 spiro atoms. The van der Waals surface area contributed by atoms with E-state index in [4.69, 9.17) is 10.6 Å². The number of nitrogen functional groups attached to an aromatic ring is 1. The topological polar surface area (TPSA) is 70.1 Å². The molecule has 0 bridgehead atoms. The van der Waals surface area contributed by atoms with Crippen molar-refractivity contribution in [3.8, 4) is 0 Å². The summed E-state index contributed by atoms with van der Waals surface area (Å²) in [4.78, 5) is 21.0. The zero-order chi connectivity index (χ0) is 12.3. The molecule has 0 aliphatic carbocycles. The first kappa shape index (κ1) is 11.2. The number of nitrogens with two attached hydrogens (primary N) is 1. The third kappa shape index (κ3) is 2.44. The minimum Gasteiger partial charge on any atom is -0.404 e. The number of rotatable bonds is 3. The molecule has 1 aromatic heterocycles. The SMILES string of the molecule is Cc1ncc(N)c(=O)n1OCc1ccccc1. The average molecular weight is 231 g/mol. The maximum absolute atomic E-state index is 11.7. The van der Waals surface area contributed by atoms with E-state index in [0.717, 1.165) is 10.3 Å². The van der Waals surface area contributed by atoms with Gasteiger partial charge in [0.25, 0.3) is 0 Å². The van der Waals surface area contributed by atoms with Crippen molar-refractivity contribution in [3.05, 3.63) is 58.3 Å². The van der Waals surface area contributed by atoms with Crippen molar-refractivity contribution < 1.29 is 4.84 Å². The fourth-order valence-electron chi connectivity index (χ4n) is 1.40. The first-order valence-corrected chi connectivity index (χ1v) is 5.20. The van der Waals surface area contributed by atoms with Gasteiger partial charge in [0, 0.05) is 0 Å². The number of hydrogen-bond acceptors (Lipinski definition) is 4. The molecule has 0 radical (unpaired) electrons. The molecule has 0 unspecified atom stereocenters. The van der Waals surface area contributed by atoms with Crippen LogP contribution in [0.4, 0.5) is 5.69 Å². The molecule has 2 aromatic rings. The molecule has 2 rings (SSSR count). The summed E-state index contributed by atoms with van der Waals surface area (Å²) in [5, 5.41) is 0. The second-order valence-electron chi connectivity index (χ2n) is 3.62. The third-order valence-electron chi connectivity index (χ3n) is 2.32. The van der Waals surface area contributed by atoms with Crippen LogP contribution in [-0.2, 0) is 6.61 Å². The Hall–Kier alpha value is -2.30. The van der Waals surface area contributed by atoms with Crippen molar-refractivity contribution in [3.63, 3.8) is 0 Å². The Kier molecular flexibility index (Phi) is 3.09. The van der Waals surface area contributed by atoms with Crippen molar-refractivity contribution in [2.75, 3.05) is 5.73 Å². The largest absolute Gasteiger partial charge is 0.404 e. The summed E-state index contributed by atoms with van der Waals surface area (Å²) in [6.45, 7) is 1.98. The van der Waals surface area contributed by atoms with Crippen LogP contribution in [0.5, 0.6) is 0 Å². The lowest BCUT2D eigenvalue weighted by Crippen LogP contribution is -2.31. The third-order valence-corrected chi connectivity index (χ3v) is 2.32. The van der Waals surface area contributed by atoms with Crippen molar-refractivity contribution in [1.29, 1.82) is 0 Å². The van der Waals surface area contributed by atoms with E-state index in [2.05, 4.69) is 4.98 Å². The predicted molar refractivity (Wildman–Crippen MR) is 64.4 cm³/mol. The van der Waals surface area contributed by atoms with Crippen LogP contribution in [0.1, 0.15) is 11.4 Å². The van der Waals surface area contributed by atoms with E-state index in [1.165, 1.54) is 6.20 Å².